The Hall–Kier alpha value is -0.410. The van der Waals surface area contributed by atoms with Crippen LogP contribution in [0.25, 0.3) is 0 Å². The van der Waals surface area contributed by atoms with Crippen LogP contribution in [0.4, 0.5) is 10.1 Å². The number of thioether (sulfide) groups is 1. The third-order valence-electron chi connectivity index (χ3n) is 2.90. The first-order valence-corrected chi connectivity index (χ1v) is 7.29. The van der Waals surface area contributed by atoms with Crippen LogP contribution in [0.15, 0.2) is 18.2 Å². The molecule has 1 atom stereocenters. The molecule has 1 aromatic rings. The van der Waals surface area contributed by atoms with Gasteiger partial charge in [-0.3, -0.25) is 0 Å². The van der Waals surface area contributed by atoms with Gasteiger partial charge in [0.15, 0.2) is 0 Å². The van der Waals surface area contributed by atoms with E-state index in [2.05, 4.69) is 19.2 Å². The van der Waals surface area contributed by atoms with Crippen molar-refractivity contribution in [3.63, 3.8) is 0 Å². The summed E-state index contributed by atoms with van der Waals surface area (Å²) in [5.74, 6) is 1.96. The van der Waals surface area contributed by atoms with Crippen molar-refractivity contribution in [1.82, 2.24) is 0 Å². The number of nitrogens with one attached hydrogen (secondary N) is 1. The summed E-state index contributed by atoms with van der Waals surface area (Å²) in [6.45, 7) is 4.50. The van der Waals surface area contributed by atoms with Crippen molar-refractivity contribution >= 4 is 29.1 Å². The largest absolute Gasteiger partial charge is 0.379 e. The van der Waals surface area contributed by atoms with Gasteiger partial charge in [-0.15, -0.1) is 0 Å². The Labute approximate surface area is 111 Å². The van der Waals surface area contributed by atoms with Gasteiger partial charge in [0.1, 0.15) is 5.82 Å². The maximum Gasteiger partial charge on any atom is 0.146 e. The minimum Gasteiger partial charge on any atom is -0.379 e. The molecule has 0 bridgehead atoms. The van der Waals surface area contributed by atoms with Crippen LogP contribution in [0.2, 0.25) is 5.02 Å². The predicted molar refractivity (Wildman–Crippen MR) is 74.5 cm³/mol. The summed E-state index contributed by atoms with van der Waals surface area (Å²) < 4.78 is 13.6. The fourth-order valence-electron chi connectivity index (χ4n) is 2.18. The zero-order valence-corrected chi connectivity index (χ0v) is 11.7. The number of halogens is 2. The first kappa shape index (κ1) is 13.0. The van der Waals surface area contributed by atoms with Crippen LogP contribution >= 0.6 is 23.4 Å². The average molecular weight is 274 g/mol. The van der Waals surface area contributed by atoms with Gasteiger partial charge in [0.25, 0.3) is 0 Å². The van der Waals surface area contributed by atoms with Crippen LogP contribution in [-0.4, -0.2) is 17.5 Å². The topological polar surface area (TPSA) is 12.0 Å². The second-order valence-electron chi connectivity index (χ2n) is 5.35. The molecule has 0 radical (unpaired) electrons. The Morgan fingerprint density at radius 1 is 1.47 bits per heavy atom. The molecule has 1 aliphatic rings. The smallest absolute Gasteiger partial charge is 0.146 e. The van der Waals surface area contributed by atoms with Gasteiger partial charge in [-0.05, 0) is 35.8 Å². The lowest BCUT2D eigenvalue weighted by molar-refractivity contribution is 0.357. The molecule has 0 aromatic heterocycles. The minimum atomic E-state index is -0.234. The van der Waals surface area contributed by atoms with E-state index in [4.69, 9.17) is 11.6 Å². The lowest BCUT2D eigenvalue weighted by atomic mass is 9.88. The summed E-state index contributed by atoms with van der Waals surface area (Å²) >= 11 is 7.80. The molecule has 94 valence electrons. The summed E-state index contributed by atoms with van der Waals surface area (Å²) in [6.07, 6.45) is 1.06. The third kappa shape index (κ3) is 3.52. The van der Waals surface area contributed by atoms with Gasteiger partial charge < -0.3 is 5.32 Å². The van der Waals surface area contributed by atoms with Crippen LogP contribution in [0.5, 0.6) is 0 Å². The molecule has 1 unspecified atom stereocenters. The van der Waals surface area contributed by atoms with Gasteiger partial charge in [-0.25, -0.2) is 4.39 Å². The molecule has 1 fully saturated rings. The van der Waals surface area contributed by atoms with Gasteiger partial charge >= 0.3 is 0 Å². The molecular weight excluding hydrogens is 257 g/mol. The Kier molecular flexibility index (Phi) is 3.88. The quantitative estimate of drug-likeness (QED) is 0.856. The number of benzene rings is 1. The summed E-state index contributed by atoms with van der Waals surface area (Å²) in [4.78, 5) is 0. The highest BCUT2D eigenvalue weighted by Crippen LogP contribution is 2.35. The van der Waals surface area contributed by atoms with Crippen LogP contribution in [0, 0.1) is 11.2 Å². The molecule has 0 aliphatic carbocycles. The highest BCUT2D eigenvalue weighted by Gasteiger charge is 2.28. The number of rotatable bonds is 2. The van der Waals surface area contributed by atoms with Crippen LogP contribution in [0.1, 0.15) is 20.3 Å². The third-order valence-corrected chi connectivity index (χ3v) is 4.76. The SMILES string of the molecule is CC1(C)CSCC(Nc2cc(Cl)ccc2F)C1. The van der Waals surface area contributed by atoms with E-state index in [1.54, 1.807) is 12.1 Å². The molecule has 1 aliphatic heterocycles. The Balaban J connectivity index is 2.07. The first-order chi connectivity index (χ1) is 7.96. The number of hydrogen-bond acceptors (Lipinski definition) is 2. The van der Waals surface area contributed by atoms with Crippen molar-refractivity contribution in [2.75, 3.05) is 16.8 Å². The summed E-state index contributed by atoms with van der Waals surface area (Å²) in [7, 11) is 0. The molecule has 1 N–H and O–H groups in total. The normalized spacial score (nSPS) is 23.4. The van der Waals surface area contributed by atoms with Crippen LogP contribution in [0.3, 0.4) is 0 Å². The monoisotopic (exact) mass is 273 g/mol. The fraction of sp³-hybridized carbons (Fsp3) is 0.538. The highest BCUT2D eigenvalue weighted by atomic mass is 35.5. The van der Waals surface area contributed by atoms with E-state index >= 15 is 0 Å². The maximum absolute atomic E-state index is 13.6. The molecular formula is C13H17ClFNS. The second-order valence-corrected chi connectivity index (χ2v) is 6.82. The summed E-state index contributed by atoms with van der Waals surface area (Å²) in [5, 5.41) is 3.83. The molecule has 2 rings (SSSR count). The Bertz CT molecular complexity index is 408. The summed E-state index contributed by atoms with van der Waals surface area (Å²) in [5.41, 5.74) is 0.830. The van der Waals surface area contributed by atoms with Crippen molar-refractivity contribution < 1.29 is 4.39 Å². The van der Waals surface area contributed by atoms with E-state index in [0.717, 1.165) is 12.2 Å². The van der Waals surface area contributed by atoms with Crippen LogP contribution < -0.4 is 5.32 Å². The van der Waals surface area contributed by atoms with E-state index < -0.39 is 0 Å². The van der Waals surface area contributed by atoms with Gasteiger partial charge in [-0.1, -0.05) is 25.4 Å². The van der Waals surface area contributed by atoms with E-state index in [1.807, 2.05) is 11.8 Å². The van der Waals surface area contributed by atoms with Crippen molar-refractivity contribution in [3.05, 3.63) is 29.0 Å². The van der Waals surface area contributed by atoms with Gasteiger partial charge in [-0.2, -0.15) is 11.8 Å². The molecule has 1 nitrogen and oxygen atoms in total. The molecule has 0 spiro atoms. The number of hydrogen-bond donors (Lipinski definition) is 1. The molecule has 0 saturated carbocycles. The molecule has 17 heavy (non-hydrogen) atoms. The second kappa shape index (κ2) is 5.07. The Morgan fingerprint density at radius 3 is 2.94 bits per heavy atom. The molecule has 1 aromatic carbocycles. The summed E-state index contributed by atoms with van der Waals surface area (Å²) in [6, 6.07) is 4.95. The fourth-order valence-corrected chi connectivity index (χ4v) is 3.63. The zero-order chi connectivity index (χ0) is 12.5. The standard InChI is InChI=1S/C13H17ClFNS/c1-13(2)6-10(7-17-8-13)16-12-5-9(14)3-4-11(12)15/h3-5,10,16H,6-8H2,1-2H3. The molecule has 1 heterocycles. The van der Waals surface area contributed by atoms with Gasteiger partial charge in [0.05, 0.1) is 5.69 Å². The van der Waals surface area contributed by atoms with Crippen molar-refractivity contribution in [2.24, 2.45) is 5.41 Å². The molecule has 4 heteroatoms. The maximum atomic E-state index is 13.6. The van der Waals surface area contributed by atoms with Crippen molar-refractivity contribution in [1.29, 1.82) is 0 Å². The van der Waals surface area contributed by atoms with E-state index in [0.29, 0.717) is 22.2 Å². The molecule has 0 amide bonds. The van der Waals surface area contributed by atoms with E-state index in [-0.39, 0.29) is 5.82 Å². The highest BCUT2D eigenvalue weighted by molar-refractivity contribution is 7.99. The van der Waals surface area contributed by atoms with E-state index in [9.17, 15) is 4.39 Å². The van der Waals surface area contributed by atoms with E-state index in [1.165, 1.54) is 11.8 Å². The minimum absolute atomic E-state index is 0.234. The lowest BCUT2D eigenvalue weighted by Gasteiger charge is -2.35. The lowest BCUT2D eigenvalue weighted by Crippen LogP contribution is -2.35. The van der Waals surface area contributed by atoms with Gasteiger partial charge in [0, 0.05) is 16.8 Å². The number of anilines is 1. The van der Waals surface area contributed by atoms with Crippen LogP contribution in [-0.2, 0) is 0 Å². The first-order valence-electron chi connectivity index (χ1n) is 5.76. The molecule has 1 saturated heterocycles. The van der Waals surface area contributed by atoms with Crippen molar-refractivity contribution in [3.8, 4) is 0 Å². The van der Waals surface area contributed by atoms with Crippen molar-refractivity contribution in [2.45, 2.75) is 26.3 Å². The predicted octanol–water partition coefficient (Wildman–Crippen LogP) is 4.42. The average Bonchev–Trinajstić information content (AvgIpc) is 2.22. The van der Waals surface area contributed by atoms with Gasteiger partial charge in [0.2, 0.25) is 0 Å². The zero-order valence-electron chi connectivity index (χ0n) is 10.1. The Morgan fingerprint density at radius 2 is 2.24 bits per heavy atom.